The maximum Gasteiger partial charge on any atom is 0.416 e. The molecule has 0 saturated carbocycles. The molecule has 0 radical (unpaired) electrons. The molecule has 628 valence electrons. The van der Waals surface area contributed by atoms with Gasteiger partial charge in [0.15, 0.2) is 0 Å². The molecule has 28 heteroatoms. The highest BCUT2D eigenvalue weighted by Gasteiger charge is 2.32. The van der Waals surface area contributed by atoms with Crippen LogP contribution in [0.3, 0.4) is 0 Å². The van der Waals surface area contributed by atoms with Crippen molar-refractivity contribution in [3.63, 3.8) is 0 Å². The fourth-order valence-corrected chi connectivity index (χ4v) is 12.4. The van der Waals surface area contributed by atoms with Gasteiger partial charge in [-0.3, -0.25) is 48.9 Å². The number of ether oxygens (including phenoxy) is 5. The van der Waals surface area contributed by atoms with Crippen LogP contribution in [0.5, 0.6) is 57.5 Å². The number of nitrogens with zero attached hydrogens (tertiary/aromatic N) is 5. The van der Waals surface area contributed by atoms with E-state index in [1.165, 1.54) is 48.9 Å². The number of pyridine rings is 5. The van der Waals surface area contributed by atoms with Gasteiger partial charge in [0.1, 0.15) is 69.1 Å². The van der Waals surface area contributed by atoms with Gasteiger partial charge in [-0.25, -0.2) is 8.78 Å². The third-order valence-electron chi connectivity index (χ3n) is 16.9. The lowest BCUT2D eigenvalue weighted by atomic mass is 10.1. The van der Waals surface area contributed by atoms with E-state index >= 15 is 0 Å². The van der Waals surface area contributed by atoms with Crippen molar-refractivity contribution >= 4 is 104 Å². The molecule has 126 heavy (non-hydrogen) atoms. The van der Waals surface area contributed by atoms with Gasteiger partial charge >= 0.3 is 6.18 Å². The van der Waals surface area contributed by atoms with E-state index in [2.05, 4.69) is 85.9 Å². The molecular weight excluding hydrogens is 1770 g/mol. The smallest absolute Gasteiger partial charge is 0.416 e. The number of alkyl halides is 3. The fourth-order valence-electron chi connectivity index (χ4n) is 11.3. The van der Waals surface area contributed by atoms with Crippen molar-refractivity contribution in [3.05, 3.63) is 415 Å². The quantitative estimate of drug-likeness (QED) is 0.0270. The van der Waals surface area contributed by atoms with Crippen LogP contribution in [0.4, 0.5) is 50.4 Å². The van der Waals surface area contributed by atoms with Crippen LogP contribution in [0.25, 0.3) is 0 Å². The Bertz CT molecular complexity index is 6310. The van der Waals surface area contributed by atoms with Gasteiger partial charge in [-0.05, 0) is 225 Å². The van der Waals surface area contributed by atoms with E-state index in [-0.39, 0.29) is 51.8 Å². The first-order valence-electron chi connectivity index (χ1n) is 37.6. The van der Waals surface area contributed by atoms with E-state index in [0.29, 0.717) is 106 Å². The van der Waals surface area contributed by atoms with Crippen LogP contribution < -0.4 is 50.3 Å². The minimum absolute atomic E-state index is 0.00795. The second kappa shape index (κ2) is 44.8. The summed E-state index contributed by atoms with van der Waals surface area (Å²) in [5.74, 6) is 6.32. The Hall–Kier alpha value is -15.6. The number of halogens is 8. The normalized spacial score (nSPS) is 10.3. The number of hydrogen-bond donors (Lipinski definition) is 5. The number of rotatable bonds is 20. The highest BCUT2D eigenvalue weighted by atomic mass is 127. The largest absolute Gasteiger partial charge is 0.456 e. The Balaban J connectivity index is 0.000000153. The molecule has 15 rings (SSSR count). The molecule has 5 N–H and O–H groups in total. The number of nitrogens with one attached hydrogen (secondary N) is 5. The van der Waals surface area contributed by atoms with Gasteiger partial charge in [0.25, 0.3) is 29.5 Å². The summed E-state index contributed by atoms with van der Waals surface area (Å²) in [4.78, 5) is 81.3. The summed E-state index contributed by atoms with van der Waals surface area (Å²) < 4.78 is 96.1. The predicted molar refractivity (Wildman–Crippen MR) is 483 cm³/mol. The van der Waals surface area contributed by atoms with E-state index in [1.807, 2.05) is 74.5 Å². The molecule has 0 bridgehead atoms. The predicted octanol–water partition coefficient (Wildman–Crippen LogP) is 24.7. The minimum atomic E-state index is -4.61. The van der Waals surface area contributed by atoms with E-state index in [1.54, 1.807) is 208 Å². The number of carbonyl (C=O) groups is 5. The molecule has 5 heterocycles. The first-order valence-corrected chi connectivity index (χ1v) is 39.5. The Morgan fingerprint density at radius 3 is 1.14 bits per heavy atom. The number of aryl methyl sites for hydroxylation is 3. The lowest BCUT2D eigenvalue weighted by Crippen LogP contribution is -2.14. The van der Waals surface area contributed by atoms with E-state index < -0.39 is 35.2 Å². The maximum atomic E-state index is 14.0. The molecule has 0 aliphatic carbocycles. The lowest BCUT2D eigenvalue weighted by Gasteiger charge is -2.14. The van der Waals surface area contributed by atoms with Crippen molar-refractivity contribution in [2.75, 3.05) is 26.6 Å². The number of benzene rings is 10. The Kier molecular flexibility index (Phi) is 32.4. The van der Waals surface area contributed by atoms with Crippen LogP contribution >= 0.6 is 45.8 Å². The highest BCUT2D eigenvalue weighted by molar-refractivity contribution is 14.1. The molecule has 5 aromatic heterocycles. The van der Waals surface area contributed by atoms with Crippen LogP contribution in [0.15, 0.2) is 329 Å². The monoisotopic (exact) mass is 1840 g/mol. The third kappa shape index (κ3) is 28.8. The summed E-state index contributed by atoms with van der Waals surface area (Å²) in [6.45, 7) is 5.52. The number of amides is 5. The van der Waals surface area contributed by atoms with Gasteiger partial charge in [-0.1, -0.05) is 101 Å². The second-order valence-electron chi connectivity index (χ2n) is 26.8. The summed E-state index contributed by atoms with van der Waals surface area (Å²) in [6, 6.07) is 72.8. The van der Waals surface area contributed by atoms with Crippen molar-refractivity contribution in [3.8, 4) is 82.2 Å². The van der Waals surface area contributed by atoms with Crippen LogP contribution in [0.1, 0.15) is 85.2 Å². The van der Waals surface area contributed by atoms with Gasteiger partial charge in [0.05, 0.1) is 48.3 Å². The molecule has 5 amide bonds. The van der Waals surface area contributed by atoms with Gasteiger partial charge in [0, 0.05) is 137 Å². The summed E-state index contributed by atoms with van der Waals surface area (Å²) in [7, 11) is 0. The zero-order chi connectivity index (χ0) is 89.5. The van der Waals surface area contributed by atoms with Crippen molar-refractivity contribution in [2.45, 2.75) is 26.9 Å². The van der Waals surface area contributed by atoms with E-state index in [4.69, 9.17) is 59.7 Å². The van der Waals surface area contributed by atoms with E-state index in [0.717, 1.165) is 33.0 Å². The Labute approximate surface area is 744 Å². The topological polar surface area (TPSA) is 256 Å². The lowest BCUT2D eigenvalue weighted by molar-refractivity contribution is -0.137. The third-order valence-corrected chi connectivity index (χ3v) is 18.0. The van der Waals surface area contributed by atoms with Crippen molar-refractivity contribution in [1.29, 1.82) is 0 Å². The SMILES string of the molecule is C#Cc1cccc(C(=O)Nc2cc(Cl)cc(Oc3cncc(F)c3)c2)c1.C#Cc1cccc(C(=O)Nc2cc(Oc3cccnc3)cc(C(F)(F)F)c2)c1.Cc1cccc(C(=O)Nc2cc(Cl)cc(Oc3cccnc3)c2)c1.Cc1cccc(C(=O)Nc2cc(I)cc(Oc3cccnc3)c2)c1.Cc1cccc(C(=O)Nc2cccc(Oc3cccnc3)c2)c1F. The fraction of sp³-hybridized carbons (Fsp3) is 0.0408. The van der Waals surface area contributed by atoms with Crippen LogP contribution in [-0.4, -0.2) is 54.5 Å². The van der Waals surface area contributed by atoms with E-state index in [9.17, 15) is 45.9 Å². The molecule has 0 unspecified atom stereocenters. The molecule has 0 spiro atoms. The number of hydrogen-bond acceptors (Lipinski definition) is 15. The van der Waals surface area contributed by atoms with Gasteiger partial charge in [-0.15, -0.1) is 12.8 Å². The molecule has 10 aromatic carbocycles. The molecule has 0 aliphatic rings. The molecule has 0 fully saturated rings. The van der Waals surface area contributed by atoms with Gasteiger partial charge in [0.2, 0.25) is 0 Å². The standard InChI is InChI=1S/C21H13F3N2O2.C20H12ClFN2O2.C19H15ClN2O2.C19H15FN2O2.C19H15IN2O2/c1-2-14-5-3-6-15(9-14)20(27)26-17-10-16(21(22,23)24)11-19(12-17)28-18-7-4-8-25-13-18;1-2-13-4-3-5-14(6-13)20(25)24-17-7-15(21)8-18(10-17)26-19-9-16(22)11-23-12-19;1-13-4-2-5-14(8-13)19(23)22-16-9-15(20)10-18(11-16)24-17-6-3-7-21-12-17;1-13-5-2-9-17(18(13)20)19(23)22-14-6-3-7-15(11-14)24-16-8-4-10-21-12-16;1-13-4-2-5-14(8-13)19(23)22-16-9-15(20)10-18(11-16)24-17-6-3-7-21-12-17/h1,3-13H,(H,26,27);1,3-12H,(H,24,25);3*2-12H,1H3,(H,22,23). The second-order valence-corrected chi connectivity index (χ2v) is 28.9. The summed E-state index contributed by atoms with van der Waals surface area (Å²) in [5, 5.41) is 14.4. The minimum Gasteiger partial charge on any atom is -0.456 e. The van der Waals surface area contributed by atoms with Crippen molar-refractivity contribution in [2.24, 2.45) is 0 Å². The molecule has 15 aromatic rings. The zero-order valence-electron chi connectivity index (χ0n) is 66.7. The summed E-state index contributed by atoms with van der Waals surface area (Å²) in [6.07, 6.45) is 21.2. The van der Waals surface area contributed by atoms with Crippen molar-refractivity contribution < 1.29 is 69.6 Å². The molecule has 20 nitrogen and oxygen atoms in total. The summed E-state index contributed by atoms with van der Waals surface area (Å²) in [5.41, 5.74) is 6.61. The average molecular weight is 1840 g/mol. The average Bonchev–Trinajstić information content (AvgIpc) is 0.813. The number of carbonyl (C=O) groups excluding carboxylic acids is 5. The molecule has 0 atom stereocenters. The van der Waals surface area contributed by atoms with Crippen LogP contribution in [0.2, 0.25) is 10.0 Å². The van der Waals surface area contributed by atoms with Gasteiger partial charge < -0.3 is 50.3 Å². The first-order chi connectivity index (χ1) is 60.7. The molecule has 0 saturated heterocycles. The van der Waals surface area contributed by atoms with Crippen LogP contribution in [-0.2, 0) is 6.18 Å². The van der Waals surface area contributed by atoms with Gasteiger partial charge in [-0.2, -0.15) is 13.2 Å². The maximum absolute atomic E-state index is 14.0. The number of aromatic nitrogens is 5. The molecule has 0 aliphatic heterocycles. The first kappa shape index (κ1) is 91.1. The zero-order valence-corrected chi connectivity index (χ0v) is 70.3. The highest BCUT2D eigenvalue weighted by Crippen LogP contribution is 2.37. The molecular formula is C98H70Cl2F5IN10O10. The Morgan fingerprint density at radius 2 is 0.714 bits per heavy atom. The summed E-state index contributed by atoms with van der Waals surface area (Å²) >= 11 is 14.4. The van der Waals surface area contributed by atoms with Crippen LogP contribution in [0, 0.1) is 60.7 Å². The number of terminal acetylenes is 2. The number of anilines is 5. The van der Waals surface area contributed by atoms with Crippen molar-refractivity contribution in [1.82, 2.24) is 24.9 Å². The Morgan fingerprint density at radius 1 is 0.349 bits per heavy atom.